The molecule has 0 unspecified atom stereocenters. The van der Waals surface area contributed by atoms with Crippen LogP contribution in [0.3, 0.4) is 0 Å². The Morgan fingerprint density at radius 1 is 1.04 bits per heavy atom. The van der Waals surface area contributed by atoms with E-state index in [1.807, 2.05) is 0 Å². The Morgan fingerprint density at radius 3 is 2.42 bits per heavy atom. The molecule has 3 heterocycles. The van der Waals surface area contributed by atoms with Crippen LogP contribution in [-0.2, 0) is 11.3 Å². The maximum Gasteiger partial charge on any atom is 0.375 e. The number of hydrogen-bond donors (Lipinski definition) is 0. The molecule has 0 saturated heterocycles. The molecule has 3 aromatic rings. The molecule has 4 rings (SSSR count). The molecule has 0 saturated carbocycles. The lowest BCUT2D eigenvalue weighted by molar-refractivity contribution is 0.0203. The van der Waals surface area contributed by atoms with Crippen LogP contribution in [0.2, 0.25) is 0 Å². The molecule has 1 aliphatic rings. The van der Waals surface area contributed by atoms with Crippen LogP contribution >= 0.6 is 0 Å². The molecule has 0 fully saturated rings. The fourth-order valence-corrected chi connectivity index (χ4v) is 2.68. The Morgan fingerprint density at radius 2 is 1.77 bits per heavy atom. The molecule has 0 atom stereocenters. The highest BCUT2D eigenvalue weighted by atomic mass is 16.6. The van der Waals surface area contributed by atoms with Gasteiger partial charge in [0.2, 0.25) is 5.76 Å². The zero-order chi connectivity index (χ0) is 18.1. The van der Waals surface area contributed by atoms with Crippen molar-refractivity contribution in [3.8, 4) is 0 Å². The van der Waals surface area contributed by atoms with Gasteiger partial charge in [-0.15, -0.1) is 0 Å². The first-order valence-corrected chi connectivity index (χ1v) is 7.82. The van der Waals surface area contributed by atoms with Crippen LogP contribution in [0.25, 0.3) is 0 Å². The molecule has 1 aromatic carbocycles. The number of hydrogen-bond acceptors (Lipinski definition) is 6. The van der Waals surface area contributed by atoms with E-state index in [9.17, 15) is 14.4 Å². The first kappa shape index (κ1) is 15.8. The zero-order valence-electron chi connectivity index (χ0n) is 13.5. The highest BCUT2D eigenvalue weighted by Gasteiger charge is 2.36. The molecule has 0 N–H and O–H groups in total. The minimum absolute atomic E-state index is 0.0104. The molecule has 26 heavy (non-hydrogen) atoms. The highest BCUT2D eigenvalue weighted by molar-refractivity contribution is 6.21. The molecule has 2 amide bonds. The van der Waals surface area contributed by atoms with Crippen molar-refractivity contribution in [2.45, 2.75) is 6.54 Å². The van der Waals surface area contributed by atoms with Crippen LogP contribution in [0.1, 0.15) is 37.0 Å². The van der Waals surface area contributed by atoms with Crippen molar-refractivity contribution in [1.29, 1.82) is 0 Å². The number of imide groups is 1. The van der Waals surface area contributed by atoms with E-state index in [2.05, 4.69) is 5.10 Å². The number of esters is 1. The molecule has 8 heteroatoms. The van der Waals surface area contributed by atoms with Gasteiger partial charge in [-0.25, -0.2) is 9.69 Å². The third kappa shape index (κ3) is 2.77. The summed E-state index contributed by atoms with van der Waals surface area (Å²) in [6, 6.07) is 11.4. The molecule has 130 valence electrons. The number of furan rings is 1. The van der Waals surface area contributed by atoms with Crippen molar-refractivity contribution in [3.05, 3.63) is 77.5 Å². The summed E-state index contributed by atoms with van der Waals surface area (Å²) in [5, 5.41) is 4.05. The minimum Gasteiger partial charge on any atom is -0.452 e. The van der Waals surface area contributed by atoms with E-state index in [1.54, 1.807) is 53.5 Å². The average molecular weight is 351 g/mol. The van der Waals surface area contributed by atoms with Gasteiger partial charge >= 0.3 is 5.97 Å². The normalized spacial score (nSPS) is 13.2. The molecule has 0 bridgehead atoms. The van der Waals surface area contributed by atoms with Crippen LogP contribution in [0.5, 0.6) is 0 Å². The monoisotopic (exact) mass is 351 g/mol. The van der Waals surface area contributed by atoms with Gasteiger partial charge in [0.1, 0.15) is 5.76 Å². The van der Waals surface area contributed by atoms with Crippen molar-refractivity contribution in [1.82, 2.24) is 14.7 Å². The van der Waals surface area contributed by atoms with Crippen LogP contribution < -0.4 is 0 Å². The van der Waals surface area contributed by atoms with E-state index in [-0.39, 0.29) is 5.76 Å². The maximum absolute atomic E-state index is 12.2. The number of benzene rings is 1. The Balaban J connectivity index is 1.40. The lowest BCUT2D eigenvalue weighted by Gasteiger charge is -2.13. The van der Waals surface area contributed by atoms with Gasteiger partial charge in [0.25, 0.3) is 11.8 Å². The highest BCUT2D eigenvalue weighted by Crippen LogP contribution is 2.22. The number of rotatable bonds is 5. The van der Waals surface area contributed by atoms with Crippen molar-refractivity contribution >= 4 is 17.8 Å². The minimum atomic E-state index is -0.756. The Bertz CT molecular complexity index is 955. The number of ether oxygens (including phenoxy) is 1. The first-order chi connectivity index (χ1) is 12.6. The third-order valence-electron chi connectivity index (χ3n) is 3.94. The quantitative estimate of drug-likeness (QED) is 0.515. The Kier molecular flexibility index (Phi) is 3.85. The summed E-state index contributed by atoms with van der Waals surface area (Å²) in [6.07, 6.45) is 3.41. The van der Waals surface area contributed by atoms with Crippen LogP contribution in [0.4, 0.5) is 0 Å². The predicted molar refractivity (Wildman–Crippen MR) is 87.3 cm³/mol. The summed E-state index contributed by atoms with van der Waals surface area (Å²) in [5.41, 5.74) is 0.598. The van der Waals surface area contributed by atoms with Crippen LogP contribution in [0, 0.1) is 0 Å². The number of carbonyl (C=O) groups is 3. The van der Waals surface area contributed by atoms with Gasteiger partial charge in [-0.05, 0) is 30.3 Å². The SMILES string of the molecule is O=C(OCN1C(=O)c2ccccc2C1=O)c1ccc(Cn2cccn2)o1. The predicted octanol–water partition coefficient (Wildman–Crippen LogP) is 1.93. The van der Waals surface area contributed by atoms with E-state index in [0.29, 0.717) is 23.4 Å². The second kappa shape index (κ2) is 6.32. The fraction of sp³-hybridized carbons (Fsp3) is 0.111. The largest absolute Gasteiger partial charge is 0.452 e. The summed E-state index contributed by atoms with van der Waals surface area (Å²) in [7, 11) is 0. The number of amides is 2. The summed E-state index contributed by atoms with van der Waals surface area (Å²) in [5.74, 6) is -1.21. The lowest BCUT2D eigenvalue weighted by atomic mass is 10.1. The first-order valence-electron chi connectivity index (χ1n) is 7.82. The maximum atomic E-state index is 12.2. The Hall–Kier alpha value is -3.68. The molecule has 2 aromatic heterocycles. The van der Waals surface area contributed by atoms with Crippen molar-refractivity contribution < 1.29 is 23.5 Å². The number of nitrogens with zero attached hydrogens (tertiary/aromatic N) is 3. The molecule has 0 radical (unpaired) electrons. The molecular weight excluding hydrogens is 338 g/mol. The molecule has 1 aliphatic heterocycles. The molecule has 0 aliphatic carbocycles. The van der Waals surface area contributed by atoms with Gasteiger partial charge in [0, 0.05) is 12.4 Å². The lowest BCUT2D eigenvalue weighted by Crippen LogP contribution is -2.33. The van der Waals surface area contributed by atoms with E-state index in [0.717, 1.165) is 4.90 Å². The average Bonchev–Trinajstić information content (AvgIpc) is 3.37. The van der Waals surface area contributed by atoms with Crippen molar-refractivity contribution in [2.75, 3.05) is 6.73 Å². The third-order valence-corrected chi connectivity index (χ3v) is 3.94. The van der Waals surface area contributed by atoms with E-state index in [4.69, 9.17) is 9.15 Å². The van der Waals surface area contributed by atoms with Gasteiger partial charge in [-0.2, -0.15) is 5.10 Å². The number of fused-ring (bicyclic) bond motifs is 1. The molecule has 0 spiro atoms. The summed E-state index contributed by atoms with van der Waals surface area (Å²) < 4.78 is 12.1. The van der Waals surface area contributed by atoms with Gasteiger partial charge in [-0.1, -0.05) is 12.1 Å². The van der Waals surface area contributed by atoms with Gasteiger partial charge in [0.05, 0.1) is 17.7 Å². The van der Waals surface area contributed by atoms with Crippen molar-refractivity contribution in [3.63, 3.8) is 0 Å². The summed E-state index contributed by atoms with van der Waals surface area (Å²) in [4.78, 5) is 37.4. The van der Waals surface area contributed by atoms with Gasteiger partial charge in [0.15, 0.2) is 6.73 Å². The second-order valence-corrected chi connectivity index (χ2v) is 5.61. The van der Waals surface area contributed by atoms with E-state index >= 15 is 0 Å². The van der Waals surface area contributed by atoms with Crippen molar-refractivity contribution in [2.24, 2.45) is 0 Å². The van der Waals surface area contributed by atoms with E-state index < -0.39 is 24.5 Å². The number of aromatic nitrogens is 2. The molecular formula is C18H13N3O5. The summed E-state index contributed by atoms with van der Waals surface area (Å²) >= 11 is 0. The second-order valence-electron chi connectivity index (χ2n) is 5.61. The van der Waals surface area contributed by atoms with Crippen LogP contribution in [0.15, 0.2) is 59.3 Å². The van der Waals surface area contributed by atoms with Gasteiger partial charge in [-0.3, -0.25) is 14.3 Å². The Labute approximate surface area is 147 Å². The van der Waals surface area contributed by atoms with E-state index in [1.165, 1.54) is 6.07 Å². The molecule has 8 nitrogen and oxygen atoms in total. The standard InChI is InChI=1S/C18H13N3O5/c22-16-13-4-1-2-5-14(13)17(23)21(16)11-25-18(24)15-7-6-12(26-15)10-20-9-3-8-19-20/h1-9H,10-11H2. The van der Waals surface area contributed by atoms with Gasteiger partial charge < -0.3 is 9.15 Å². The number of carbonyl (C=O) groups excluding carboxylic acids is 3. The smallest absolute Gasteiger partial charge is 0.375 e. The fourth-order valence-electron chi connectivity index (χ4n) is 2.68. The summed E-state index contributed by atoms with van der Waals surface area (Å²) in [6.45, 7) is -0.0982. The topological polar surface area (TPSA) is 94.6 Å². The zero-order valence-corrected chi connectivity index (χ0v) is 13.5. The van der Waals surface area contributed by atoms with Crippen LogP contribution in [-0.4, -0.2) is 39.2 Å².